The second-order valence-electron chi connectivity index (χ2n) is 6.35. The number of hydrogen-bond acceptors (Lipinski definition) is 1. The van der Waals surface area contributed by atoms with Crippen LogP contribution in [0.25, 0.3) is 10.9 Å². The van der Waals surface area contributed by atoms with Gasteiger partial charge in [-0.25, -0.2) is 0 Å². The van der Waals surface area contributed by atoms with Crippen molar-refractivity contribution in [2.45, 2.75) is 53.0 Å². The number of nitrogens with one attached hydrogen (secondary N) is 2. The molecule has 0 aliphatic carbocycles. The van der Waals surface area contributed by atoms with Crippen molar-refractivity contribution in [2.75, 3.05) is 6.54 Å². The second-order valence-corrected chi connectivity index (χ2v) is 6.35. The van der Waals surface area contributed by atoms with Crippen molar-refractivity contribution in [3.8, 4) is 0 Å². The van der Waals surface area contributed by atoms with Gasteiger partial charge in [-0.1, -0.05) is 25.1 Å². The smallest absolute Gasteiger partial charge is 0.0491 e. The maximum Gasteiger partial charge on any atom is 0.0491 e. The summed E-state index contributed by atoms with van der Waals surface area (Å²) in [6, 6.07) is 6.63. The first kappa shape index (κ1) is 14.1. The molecule has 1 heterocycles. The van der Waals surface area contributed by atoms with Gasteiger partial charge in [-0.05, 0) is 58.2 Å². The highest BCUT2D eigenvalue weighted by Crippen LogP contribution is 2.25. The first-order valence-electron chi connectivity index (χ1n) is 7.26. The molecule has 0 unspecified atom stereocenters. The van der Waals surface area contributed by atoms with Crippen molar-refractivity contribution in [2.24, 2.45) is 0 Å². The minimum absolute atomic E-state index is 0.189. The van der Waals surface area contributed by atoms with Gasteiger partial charge in [-0.3, -0.25) is 0 Å². The predicted molar refractivity (Wildman–Crippen MR) is 83.9 cm³/mol. The van der Waals surface area contributed by atoms with Crippen LogP contribution in [0.5, 0.6) is 0 Å². The summed E-state index contributed by atoms with van der Waals surface area (Å²) in [5.74, 6) is 0. The molecule has 104 valence electrons. The summed E-state index contributed by atoms with van der Waals surface area (Å²) in [6.07, 6.45) is 2.16. The molecule has 0 saturated carbocycles. The standard InChI is InChI=1S/C17H26N2/c1-6-13-8-7-9-15-14(12(2)19-16(13)15)10-11-18-17(3,4)5/h7-9,18-19H,6,10-11H2,1-5H3. The SMILES string of the molecule is CCc1cccc2c(CCNC(C)(C)C)c(C)[nH]c12. The Morgan fingerprint density at radius 1 is 1.21 bits per heavy atom. The van der Waals surface area contributed by atoms with Gasteiger partial charge in [0.25, 0.3) is 0 Å². The largest absolute Gasteiger partial charge is 0.358 e. The van der Waals surface area contributed by atoms with Crippen LogP contribution >= 0.6 is 0 Å². The number of benzene rings is 1. The Kier molecular flexibility index (Phi) is 4.00. The number of aromatic amines is 1. The first-order valence-corrected chi connectivity index (χ1v) is 7.26. The molecule has 0 radical (unpaired) electrons. The molecule has 0 aliphatic rings. The Hall–Kier alpha value is -1.28. The summed E-state index contributed by atoms with van der Waals surface area (Å²) < 4.78 is 0. The molecule has 2 nitrogen and oxygen atoms in total. The fraction of sp³-hybridized carbons (Fsp3) is 0.529. The minimum Gasteiger partial charge on any atom is -0.358 e. The van der Waals surface area contributed by atoms with E-state index in [1.54, 1.807) is 0 Å². The van der Waals surface area contributed by atoms with Crippen LogP contribution < -0.4 is 5.32 Å². The lowest BCUT2D eigenvalue weighted by molar-refractivity contribution is 0.429. The van der Waals surface area contributed by atoms with Gasteiger partial charge in [0.05, 0.1) is 0 Å². The van der Waals surface area contributed by atoms with Crippen molar-refractivity contribution >= 4 is 10.9 Å². The zero-order chi connectivity index (χ0) is 14.0. The summed E-state index contributed by atoms with van der Waals surface area (Å²) in [4.78, 5) is 3.57. The third-order valence-electron chi connectivity index (χ3n) is 3.65. The Balaban J connectivity index is 2.26. The summed E-state index contributed by atoms with van der Waals surface area (Å²) >= 11 is 0. The van der Waals surface area contributed by atoms with Crippen LogP contribution in [0.2, 0.25) is 0 Å². The second kappa shape index (κ2) is 5.38. The van der Waals surface area contributed by atoms with E-state index in [-0.39, 0.29) is 5.54 Å². The van der Waals surface area contributed by atoms with Crippen LogP contribution in [0, 0.1) is 6.92 Å². The van der Waals surface area contributed by atoms with E-state index >= 15 is 0 Å². The number of aryl methyl sites for hydroxylation is 2. The third-order valence-corrected chi connectivity index (χ3v) is 3.65. The molecule has 0 spiro atoms. The predicted octanol–water partition coefficient (Wildman–Crippen LogP) is 3.97. The molecule has 2 heteroatoms. The molecule has 19 heavy (non-hydrogen) atoms. The molecular formula is C17H26N2. The Morgan fingerprint density at radius 3 is 2.58 bits per heavy atom. The van der Waals surface area contributed by atoms with E-state index < -0.39 is 0 Å². The fourth-order valence-corrected chi connectivity index (χ4v) is 2.64. The Bertz CT molecular complexity index is 558. The lowest BCUT2D eigenvalue weighted by Crippen LogP contribution is -2.37. The monoisotopic (exact) mass is 258 g/mol. The molecule has 0 aliphatic heterocycles. The average molecular weight is 258 g/mol. The summed E-state index contributed by atoms with van der Waals surface area (Å²) in [5, 5.41) is 4.96. The number of H-pyrrole nitrogens is 1. The highest BCUT2D eigenvalue weighted by molar-refractivity contribution is 5.87. The molecule has 1 aromatic carbocycles. The highest BCUT2D eigenvalue weighted by Gasteiger charge is 2.12. The summed E-state index contributed by atoms with van der Waals surface area (Å²) in [7, 11) is 0. The van der Waals surface area contributed by atoms with Crippen LogP contribution in [-0.2, 0) is 12.8 Å². The molecule has 2 N–H and O–H groups in total. The maximum atomic E-state index is 3.57. The van der Waals surface area contributed by atoms with Gasteiger partial charge in [0.1, 0.15) is 0 Å². The molecule has 0 bridgehead atoms. The number of rotatable bonds is 4. The molecule has 2 rings (SSSR count). The molecule has 0 saturated heterocycles. The van der Waals surface area contributed by atoms with Crippen molar-refractivity contribution in [3.63, 3.8) is 0 Å². The Labute approximate surface area is 116 Å². The number of para-hydroxylation sites is 1. The Morgan fingerprint density at radius 2 is 1.95 bits per heavy atom. The third kappa shape index (κ3) is 3.19. The normalized spacial score (nSPS) is 12.3. The van der Waals surface area contributed by atoms with Gasteiger partial charge in [-0.15, -0.1) is 0 Å². The van der Waals surface area contributed by atoms with Gasteiger partial charge in [0.15, 0.2) is 0 Å². The van der Waals surface area contributed by atoms with E-state index in [1.165, 1.54) is 27.7 Å². The van der Waals surface area contributed by atoms with E-state index in [2.05, 4.69) is 63.1 Å². The van der Waals surface area contributed by atoms with E-state index in [4.69, 9.17) is 0 Å². The first-order chi connectivity index (χ1) is 8.92. The van der Waals surface area contributed by atoms with E-state index in [0.717, 1.165) is 19.4 Å². The van der Waals surface area contributed by atoms with Crippen LogP contribution in [0.4, 0.5) is 0 Å². The number of aromatic nitrogens is 1. The van der Waals surface area contributed by atoms with Crippen molar-refractivity contribution in [1.82, 2.24) is 10.3 Å². The van der Waals surface area contributed by atoms with Crippen molar-refractivity contribution < 1.29 is 0 Å². The lowest BCUT2D eigenvalue weighted by Gasteiger charge is -2.20. The summed E-state index contributed by atoms with van der Waals surface area (Å²) in [5.41, 5.74) is 5.70. The van der Waals surface area contributed by atoms with E-state index in [0.29, 0.717) is 0 Å². The van der Waals surface area contributed by atoms with Crippen molar-refractivity contribution in [1.29, 1.82) is 0 Å². The van der Waals surface area contributed by atoms with Crippen LogP contribution in [0.15, 0.2) is 18.2 Å². The molecule has 0 amide bonds. The topological polar surface area (TPSA) is 27.8 Å². The zero-order valence-electron chi connectivity index (χ0n) is 12.9. The minimum atomic E-state index is 0.189. The van der Waals surface area contributed by atoms with Gasteiger partial charge in [0, 0.05) is 22.1 Å². The molecule has 0 fully saturated rings. The molecule has 2 aromatic rings. The number of hydrogen-bond donors (Lipinski definition) is 2. The van der Waals surface area contributed by atoms with Gasteiger partial charge < -0.3 is 10.3 Å². The van der Waals surface area contributed by atoms with Crippen LogP contribution in [-0.4, -0.2) is 17.1 Å². The van der Waals surface area contributed by atoms with E-state index in [9.17, 15) is 0 Å². The quantitative estimate of drug-likeness (QED) is 0.853. The zero-order valence-corrected chi connectivity index (χ0v) is 12.9. The van der Waals surface area contributed by atoms with Crippen molar-refractivity contribution in [3.05, 3.63) is 35.0 Å². The number of fused-ring (bicyclic) bond motifs is 1. The molecular weight excluding hydrogens is 232 g/mol. The van der Waals surface area contributed by atoms with Gasteiger partial charge in [0.2, 0.25) is 0 Å². The van der Waals surface area contributed by atoms with Gasteiger partial charge in [-0.2, -0.15) is 0 Å². The van der Waals surface area contributed by atoms with Crippen LogP contribution in [0.1, 0.15) is 44.5 Å². The van der Waals surface area contributed by atoms with Crippen LogP contribution in [0.3, 0.4) is 0 Å². The van der Waals surface area contributed by atoms with E-state index in [1.807, 2.05) is 0 Å². The fourth-order valence-electron chi connectivity index (χ4n) is 2.64. The molecule has 0 atom stereocenters. The molecule has 1 aromatic heterocycles. The average Bonchev–Trinajstić information content (AvgIpc) is 2.64. The maximum absolute atomic E-state index is 3.57. The summed E-state index contributed by atoms with van der Waals surface area (Å²) in [6.45, 7) is 12.1. The highest BCUT2D eigenvalue weighted by atomic mass is 14.9. The van der Waals surface area contributed by atoms with Gasteiger partial charge >= 0.3 is 0 Å². The lowest BCUT2D eigenvalue weighted by atomic mass is 10.0.